The number of halogens is 1. The second-order valence-electron chi connectivity index (χ2n) is 4.56. The number of hydrogen-bond donors (Lipinski definition) is 2. The lowest BCUT2D eigenvalue weighted by molar-refractivity contribution is -0.114. The summed E-state index contributed by atoms with van der Waals surface area (Å²) in [5, 5.41) is 5.97. The minimum Gasteiger partial charge on any atom is -0.495 e. The lowest BCUT2D eigenvalue weighted by Gasteiger charge is -2.11. The quantitative estimate of drug-likeness (QED) is 0.905. The molecule has 0 saturated carbocycles. The third-order valence-electron chi connectivity index (χ3n) is 2.87. The second-order valence-corrected chi connectivity index (χ2v) is 4.99. The van der Waals surface area contributed by atoms with Crippen molar-refractivity contribution in [3.63, 3.8) is 0 Å². The molecule has 0 aliphatic rings. The zero-order chi connectivity index (χ0) is 16.1. The molecule has 0 aliphatic carbocycles. The van der Waals surface area contributed by atoms with Crippen LogP contribution in [0.15, 0.2) is 42.5 Å². The number of methoxy groups -OCH3 is 1. The van der Waals surface area contributed by atoms with Gasteiger partial charge in [-0.2, -0.15) is 0 Å². The van der Waals surface area contributed by atoms with Crippen LogP contribution < -0.4 is 15.4 Å². The maximum absolute atomic E-state index is 12.2. The number of hydrogen-bond acceptors (Lipinski definition) is 3. The van der Waals surface area contributed by atoms with Crippen molar-refractivity contribution in [2.45, 2.75) is 6.92 Å². The Labute approximate surface area is 133 Å². The molecule has 0 fully saturated rings. The molecule has 114 valence electrons. The molecule has 2 rings (SSSR count). The van der Waals surface area contributed by atoms with Crippen LogP contribution in [0.3, 0.4) is 0 Å². The van der Waals surface area contributed by atoms with Crippen molar-refractivity contribution in [1.29, 1.82) is 0 Å². The summed E-state index contributed by atoms with van der Waals surface area (Å²) >= 11 is 5.80. The number of anilines is 2. The largest absolute Gasteiger partial charge is 0.495 e. The smallest absolute Gasteiger partial charge is 0.255 e. The average molecular weight is 319 g/mol. The normalized spacial score (nSPS) is 9.95. The second kappa shape index (κ2) is 6.95. The van der Waals surface area contributed by atoms with E-state index in [1.54, 1.807) is 42.5 Å². The van der Waals surface area contributed by atoms with Crippen molar-refractivity contribution in [3.05, 3.63) is 53.1 Å². The lowest BCUT2D eigenvalue weighted by Crippen LogP contribution is -2.13. The summed E-state index contributed by atoms with van der Waals surface area (Å²) in [6.07, 6.45) is 0. The van der Waals surface area contributed by atoms with Crippen molar-refractivity contribution in [1.82, 2.24) is 0 Å². The van der Waals surface area contributed by atoms with Gasteiger partial charge in [0.2, 0.25) is 5.91 Å². The number of carbonyl (C=O) groups is 2. The van der Waals surface area contributed by atoms with Crippen LogP contribution in [0.1, 0.15) is 17.3 Å². The fraction of sp³-hybridized carbons (Fsp3) is 0.125. The Hall–Kier alpha value is -2.53. The van der Waals surface area contributed by atoms with Crippen LogP contribution in [0.5, 0.6) is 5.75 Å². The molecule has 0 bridgehead atoms. The highest BCUT2D eigenvalue weighted by Crippen LogP contribution is 2.26. The highest BCUT2D eigenvalue weighted by Gasteiger charge is 2.11. The van der Waals surface area contributed by atoms with E-state index in [0.29, 0.717) is 27.7 Å². The van der Waals surface area contributed by atoms with Crippen LogP contribution in [0.2, 0.25) is 5.02 Å². The summed E-state index contributed by atoms with van der Waals surface area (Å²) < 4.78 is 5.15. The van der Waals surface area contributed by atoms with Crippen molar-refractivity contribution in [2.24, 2.45) is 0 Å². The van der Waals surface area contributed by atoms with Gasteiger partial charge in [-0.25, -0.2) is 0 Å². The van der Waals surface area contributed by atoms with Gasteiger partial charge in [-0.15, -0.1) is 0 Å². The zero-order valence-electron chi connectivity index (χ0n) is 12.1. The van der Waals surface area contributed by atoms with E-state index in [2.05, 4.69) is 10.6 Å². The molecule has 0 atom stereocenters. The van der Waals surface area contributed by atoms with E-state index in [4.69, 9.17) is 16.3 Å². The van der Waals surface area contributed by atoms with Crippen molar-refractivity contribution in [3.8, 4) is 5.75 Å². The first-order valence-electron chi connectivity index (χ1n) is 6.52. The Balaban J connectivity index is 2.22. The van der Waals surface area contributed by atoms with Crippen molar-refractivity contribution in [2.75, 3.05) is 17.7 Å². The maximum atomic E-state index is 12.2. The Kier molecular flexibility index (Phi) is 5.01. The van der Waals surface area contributed by atoms with Crippen LogP contribution in [0.25, 0.3) is 0 Å². The number of carbonyl (C=O) groups excluding carboxylic acids is 2. The zero-order valence-corrected chi connectivity index (χ0v) is 12.9. The first-order valence-corrected chi connectivity index (χ1v) is 6.90. The molecule has 5 nitrogen and oxygen atoms in total. The number of ether oxygens (including phenoxy) is 1. The molecule has 6 heteroatoms. The molecule has 22 heavy (non-hydrogen) atoms. The highest BCUT2D eigenvalue weighted by molar-refractivity contribution is 6.30. The average Bonchev–Trinajstić information content (AvgIpc) is 2.49. The Bertz CT molecular complexity index is 699. The van der Waals surface area contributed by atoms with E-state index in [0.717, 1.165) is 0 Å². The molecule has 0 unspecified atom stereocenters. The molecule has 0 spiro atoms. The minimum atomic E-state index is -0.295. The molecule has 0 aromatic heterocycles. The van der Waals surface area contributed by atoms with Gasteiger partial charge in [-0.3, -0.25) is 9.59 Å². The summed E-state index contributed by atoms with van der Waals surface area (Å²) in [5.41, 5.74) is 1.48. The predicted octanol–water partition coefficient (Wildman–Crippen LogP) is 3.56. The van der Waals surface area contributed by atoms with E-state index < -0.39 is 0 Å². The molecule has 0 heterocycles. The Morgan fingerprint density at radius 2 is 1.73 bits per heavy atom. The van der Waals surface area contributed by atoms with Gasteiger partial charge in [0.15, 0.2) is 0 Å². The number of benzene rings is 2. The summed E-state index contributed by atoms with van der Waals surface area (Å²) in [7, 11) is 1.49. The van der Waals surface area contributed by atoms with Gasteiger partial charge in [0.05, 0.1) is 12.8 Å². The molecule has 0 radical (unpaired) electrons. The van der Waals surface area contributed by atoms with Crippen LogP contribution in [0.4, 0.5) is 11.4 Å². The third-order valence-corrected chi connectivity index (χ3v) is 3.13. The van der Waals surface area contributed by atoms with E-state index in [-0.39, 0.29) is 11.8 Å². The van der Waals surface area contributed by atoms with E-state index >= 15 is 0 Å². The van der Waals surface area contributed by atoms with E-state index in [9.17, 15) is 9.59 Å². The molecule has 2 aromatic carbocycles. The highest BCUT2D eigenvalue weighted by atomic mass is 35.5. The monoisotopic (exact) mass is 318 g/mol. The molecule has 0 saturated heterocycles. The van der Waals surface area contributed by atoms with Crippen LogP contribution >= 0.6 is 11.6 Å². The number of amides is 2. The first-order chi connectivity index (χ1) is 10.5. The van der Waals surface area contributed by atoms with Crippen LogP contribution in [-0.2, 0) is 4.79 Å². The molecule has 2 N–H and O–H groups in total. The molecule has 2 aromatic rings. The lowest BCUT2D eigenvalue weighted by atomic mass is 10.1. The van der Waals surface area contributed by atoms with Gasteiger partial charge in [-0.05, 0) is 42.5 Å². The van der Waals surface area contributed by atoms with Crippen LogP contribution in [0, 0.1) is 0 Å². The van der Waals surface area contributed by atoms with Crippen molar-refractivity contribution >= 4 is 34.8 Å². The van der Waals surface area contributed by atoms with E-state index in [1.165, 1.54) is 14.0 Å². The van der Waals surface area contributed by atoms with Gasteiger partial charge >= 0.3 is 0 Å². The molecule has 2 amide bonds. The summed E-state index contributed by atoms with van der Waals surface area (Å²) in [4.78, 5) is 23.4. The van der Waals surface area contributed by atoms with Gasteiger partial charge < -0.3 is 15.4 Å². The summed E-state index contributed by atoms with van der Waals surface area (Å²) in [5.74, 6) is -0.0524. The fourth-order valence-electron chi connectivity index (χ4n) is 1.87. The molecular formula is C16H15ClN2O3. The molecular weight excluding hydrogens is 304 g/mol. The predicted molar refractivity (Wildman–Crippen MR) is 86.7 cm³/mol. The SMILES string of the molecule is COc1ccc(C(=O)Nc2ccc(Cl)cc2)cc1NC(C)=O. The number of rotatable bonds is 4. The van der Waals surface area contributed by atoms with E-state index in [1.807, 2.05) is 0 Å². The summed E-state index contributed by atoms with van der Waals surface area (Å²) in [6.45, 7) is 1.39. The number of nitrogens with one attached hydrogen (secondary N) is 2. The topological polar surface area (TPSA) is 67.4 Å². The minimum absolute atomic E-state index is 0.242. The Morgan fingerprint density at radius 1 is 1.05 bits per heavy atom. The maximum Gasteiger partial charge on any atom is 0.255 e. The third kappa shape index (κ3) is 3.99. The van der Waals surface area contributed by atoms with Gasteiger partial charge in [0, 0.05) is 23.2 Å². The van der Waals surface area contributed by atoms with Crippen LogP contribution in [-0.4, -0.2) is 18.9 Å². The molecule has 0 aliphatic heterocycles. The first kappa shape index (κ1) is 15.9. The summed E-state index contributed by atoms with van der Waals surface area (Å²) in [6, 6.07) is 11.6. The standard InChI is InChI=1S/C16H15ClN2O3/c1-10(20)18-14-9-11(3-8-15(14)22-2)16(21)19-13-6-4-12(17)5-7-13/h3-9H,1-2H3,(H,18,20)(H,19,21). The van der Waals surface area contributed by atoms with Gasteiger partial charge in [0.25, 0.3) is 5.91 Å². The van der Waals surface area contributed by atoms with Crippen molar-refractivity contribution < 1.29 is 14.3 Å². The van der Waals surface area contributed by atoms with Gasteiger partial charge in [-0.1, -0.05) is 11.6 Å². The fourth-order valence-corrected chi connectivity index (χ4v) is 2.00. The Morgan fingerprint density at radius 3 is 2.32 bits per heavy atom. The van der Waals surface area contributed by atoms with Gasteiger partial charge in [0.1, 0.15) is 5.75 Å².